The monoisotopic (exact) mass is 193 g/mol. The maximum absolute atomic E-state index is 11.0. The Balaban J connectivity index is 2.37. The van der Waals surface area contributed by atoms with E-state index >= 15 is 0 Å². The Morgan fingerprint density at radius 3 is 3.21 bits per heavy atom. The molecule has 2 heterocycles. The molecule has 5 nitrogen and oxygen atoms in total. The molecule has 0 radical (unpaired) electrons. The number of ether oxygens (including phenoxy) is 1. The van der Waals surface area contributed by atoms with Gasteiger partial charge in [0.1, 0.15) is 5.69 Å². The Morgan fingerprint density at radius 1 is 1.71 bits per heavy atom. The number of hydrogen-bond donors (Lipinski definition) is 2. The van der Waals surface area contributed by atoms with Crippen molar-refractivity contribution < 1.29 is 9.53 Å². The first-order valence-corrected chi connectivity index (χ1v) is 4.35. The molecule has 3 N–H and O–H groups in total. The minimum absolute atomic E-state index is 0.0253. The molecule has 1 aromatic rings. The maximum Gasteiger partial charge on any atom is 0.262 e. The van der Waals surface area contributed by atoms with Gasteiger partial charge in [-0.05, 0) is 18.6 Å². The standard InChI is InChI=1S/C9H11N3O2/c1-5(10)6-2-7-9(11-3-6)14-4-8(13)12-7/h2-3,5H,4,10H2,1H3,(H,12,13)/t5-/m1/s1. The summed E-state index contributed by atoms with van der Waals surface area (Å²) in [5.41, 5.74) is 7.15. The Morgan fingerprint density at radius 2 is 2.50 bits per heavy atom. The van der Waals surface area contributed by atoms with Crippen LogP contribution in [0.2, 0.25) is 0 Å². The van der Waals surface area contributed by atoms with Gasteiger partial charge in [-0.25, -0.2) is 4.98 Å². The Bertz CT molecular complexity index is 376. The number of anilines is 1. The zero-order valence-corrected chi connectivity index (χ0v) is 7.78. The van der Waals surface area contributed by atoms with E-state index in [2.05, 4.69) is 10.3 Å². The summed E-state index contributed by atoms with van der Waals surface area (Å²) in [5.74, 6) is 0.287. The number of fused-ring (bicyclic) bond motifs is 1. The number of nitrogens with two attached hydrogens (primary N) is 1. The van der Waals surface area contributed by atoms with Crippen LogP contribution in [0.3, 0.4) is 0 Å². The molecule has 74 valence electrons. The van der Waals surface area contributed by atoms with Crippen LogP contribution in [0.25, 0.3) is 0 Å². The van der Waals surface area contributed by atoms with Crippen molar-refractivity contribution >= 4 is 11.6 Å². The molecule has 0 fully saturated rings. The number of hydrogen-bond acceptors (Lipinski definition) is 4. The van der Waals surface area contributed by atoms with Crippen LogP contribution in [-0.2, 0) is 4.79 Å². The van der Waals surface area contributed by atoms with Crippen molar-refractivity contribution in [2.45, 2.75) is 13.0 Å². The quantitative estimate of drug-likeness (QED) is 0.678. The topological polar surface area (TPSA) is 77.2 Å². The van der Waals surface area contributed by atoms with E-state index in [0.717, 1.165) is 5.56 Å². The van der Waals surface area contributed by atoms with E-state index in [1.54, 1.807) is 12.3 Å². The van der Waals surface area contributed by atoms with Crippen molar-refractivity contribution in [3.05, 3.63) is 17.8 Å². The van der Waals surface area contributed by atoms with Crippen LogP contribution in [0.15, 0.2) is 12.3 Å². The summed E-state index contributed by atoms with van der Waals surface area (Å²) in [7, 11) is 0. The van der Waals surface area contributed by atoms with Gasteiger partial charge < -0.3 is 15.8 Å². The highest BCUT2D eigenvalue weighted by molar-refractivity contribution is 5.94. The van der Waals surface area contributed by atoms with Crippen molar-refractivity contribution in [3.63, 3.8) is 0 Å². The zero-order chi connectivity index (χ0) is 10.1. The number of amides is 1. The minimum atomic E-state index is -0.166. The number of carbonyl (C=O) groups excluding carboxylic acids is 1. The number of aromatic nitrogens is 1. The largest absolute Gasteiger partial charge is 0.466 e. The summed E-state index contributed by atoms with van der Waals surface area (Å²) in [6.45, 7) is 1.88. The summed E-state index contributed by atoms with van der Waals surface area (Å²) in [4.78, 5) is 15.1. The normalized spacial score (nSPS) is 16.6. The average molecular weight is 193 g/mol. The molecule has 1 aliphatic heterocycles. The lowest BCUT2D eigenvalue weighted by atomic mass is 10.1. The molecule has 1 amide bonds. The minimum Gasteiger partial charge on any atom is -0.466 e. The molecule has 1 aromatic heterocycles. The van der Waals surface area contributed by atoms with Crippen molar-refractivity contribution in [3.8, 4) is 5.88 Å². The van der Waals surface area contributed by atoms with Crippen molar-refractivity contribution in [1.82, 2.24) is 4.98 Å². The zero-order valence-electron chi connectivity index (χ0n) is 7.78. The number of nitrogens with one attached hydrogen (secondary N) is 1. The van der Waals surface area contributed by atoms with Gasteiger partial charge in [-0.2, -0.15) is 0 Å². The lowest BCUT2D eigenvalue weighted by Crippen LogP contribution is -2.26. The van der Waals surface area contributed by atoms with Gasteiger partial charge in [0, 0.05) is 12.2 Å². The second-order valence-corrected chi connectivity index (χ2v) is 3.25. The predicted molar refractivity (Wildman–Crippen MR) is 51.0 cm³/mol. The molecule has 1 atom stereocenters. The van der Waals surface area contributed by atoms with Gasteiger partial charge in [-0.3, -0.25) is 4.79 Å². The highest BCUT2D eigenvalue weighted by atomic mass is 16.5. The molecular formula is C9H11N3O2. The Hall–Kier alpha value is -1.62. The first-order valence-electron chi connectivity index (χ1n) is 4.35. The van der Waals surface area contributed by atoms with E-state index in [-0.39, 0.29) is 18.6 Å². The SMILES string of the molecule is C[C@@H](N)c1cnc2c(c1)NC(=O)CO2. The highest BCUT2D eigenvalue weighted by Crippen LogP contribution is 2.26. The Labute approximate surface area is 81.3 Å². The summed E-state index contributed by atoms with van der Waals surface area (Å²) in [6.07, 6.45) is 1.65. The van der Waals surface area contributed by atoms with E-state index < -0.39 is 0 Å². The predicted octanol–water partition coefficient (Wildman–Crippen LogP) is 0.432. The van der Waals surface area contributed by atoms with Gasteiger partial charge in [0.05, 0.1) is 0 Å². The summed E-state index contributed by atoms with van der Waals surface area (Å²) in [5, 5.41) is 2.67. The van der Waals surface area contributed by atoms with Crippen LogP contribution in [0.1, 0.15) is 18.5 Å². The van der Waals surface area contributed by atoms with E-state index in [9.17, 15) is 4.79 Å². The molecular weight excluding hydrogens is 182 g/mol. The van der Waals surface area contributed by atoms with Crippen LogP contribution in [-0.4, -0.2) is 17.5 Å². The molecule has 0 bridgehead atoms. The molecule has 0 spiro atoms. The van der Waals surface area contributed by atoms with Crippen LogP contribution >= 0.6 is 0 Å². The van der Waals surface area contributed by atoms with Gasteiger partial charge in [-0.15, -0.1) is 0 Å². The van der Waals surface area contributed by atoms with Crippen LogP contribution in [0.4, 0.5) is 5.69 Å². The van der Waals surface area contributed by atoms with E-state index in [4.69, 9.17) is 10.5 Å². The van der Waals surface area contributed by atoms with Crippen molar-refractivity contribution in [2.75, 3.05) is 11.9 Å². The third-order valence-electron chi connectivity index (χ3n) is 2.01. The number of pyridine rings is 1. The first kappa shape index (κ1) is 8.96. The fourth-order valence-electron chi connectivity index (χ4n) is 1.24. The molecule has 0 aromatic carbocycles. The molecule has 0 unspecified atom stereocenters. The molecule has 14 heavy (non-hydrogen) atoms. The molecule has 0 saturated heterocycles. The third kappa shape index (κ3) is 1.54. The second-order valence-electron chi connectivity index (χ2n) is 3.25. The third-order valence-corrected chi connectivity index (χ3v) is 2.01. The first-order chi connectivity index (χ1) is 6.66. The van der Waals surface area contributed by atoms with Gasteiger partial charge in [0.2, 0.25) is 5.88 Å². The summed E-state index contributed by atoms with van der Waals surface area (Å²) >= 11 is 0. The smallest absolute Gasteiger partial charge is 0.262 e. The average Bonchev–Trinajstić information content (AvgIpc) is 2.16. The fraction of sp³-hybridized carbons (Fsp3) is 0.333. The number of rotatable bonds is 1. The van der Waals surface area contributed by atoms with Crippen LogP contribution < -0.4 is 15.8 Å². The summed E-state index contributed by atoms with van der Waals surface area (Å²) < 4.78 is 5.11. The molecule has 1 aliphatic rings. The highest BCUT2D eigenvalue weighted by Gasteiger charge is 2.17. The molecule has 2 rings (SSSR count). The lowest BCUT2D eigenvalue weighted by Gasteiger charge is -2.17. The van der Waals surface area contributed by atoms with Crippen molar-refractivity contribution in [2.24, 2.45) is 5.73 Å². The summed E-state index contributed by atoms with van der Waals surface area (Å²) in [6, 6.07) is 1.68. The van der Waals surface area contributed by atoms with E-state index in [1.165, 1.54) is 0 Å². The molecule has 5 heteroatoms. The molecule has 0 aliphatic carbocycles. The van der Waals surface area contributed by atoms with Crippen LogP contribution in [0.5, 0.6) is 5.88 Å². The Kier molecular flexibility index (Phi) is 2.09. The maximum atomic E-state index is 11.0. The second kappa shape index (κ2) is 3.26. The lowest BCUT2D eigenvalue weighted by molar-refractivity contribution is -0.118. The fourth-order valence-corrected chi connectivity index (χ4v) is 1.24. The number of carbonyl (C=O) groups is 1. The van der Waals surface area contributed by atoms with Gasteiger partial charge >= 0.3 is 0 Å². The van der Waals surface area contributed by atoms with E-state index in [0.29, 0.717) is 11.6 Å². The van der Waals surface area contributed by atoms with Gasteiger partial charge in [-0.1, -0.05) is 0 Å². The number of nitrogens with zero attached hydrogens (tertiary/aromatic N) is 1. The molecule has 0 saturated carbocycles. The van der Waals surface area contributed by atoms with Gasteiger partial charge in [0.25, 0.3) is 5.91 Å². The van der Waals surface area contributed by atoms with Gasteiger partial charge in [0.15, 0.2) is 6.61 Å². The van der Waals surface area contributed by atoms with Crippen LogP contribution in [0, 0.1) is 0 Å². The van der Waals surface area contributed by atoms with Crippen molar-refractivity contribution in [1.29, 1.82) is 0 Å². The van der Waals surface area contributed by atoms with E-state index in [1.807, 2.05) is 6.92 Å².